The summed E-state index contributed by atoms with van der Waals surface area (Å²) in [4.78, 5) is 1.01. The molecular formula is C12H11S. The molecule has 1 heteroatoms. The van der Waals surface area contributed by atoms with Crippen molar-refractivity contribution in [3.63, 3.8) is 0 Å². The van der Waals surface area contributed by atoms with Gasteiger partial charge in [-0.05, 0) is 22.8 Å². The van der Waals surface area contributed by atoms with Crippen LogP contribution in [0.25, 0.3) is 10.8 Å². The first-order chi connectivity index (χ1) is 6.33. The number of benzene rings is 2. The summed E-state index contributed by atoms with van der Waals surface area (Å²) in [6, 6.07) is 12.6. The normalized spacial score (nSPS) is 10.5. The molecule has 0 amide bonds. The van der Waals surface area contributed by atoms with E-state index < -0.39 is 0 Å². The highest BCUT2D eigenvalue weighted by atomic mass is 32.1. The maximum absolute atomic E-state index is 5.39. The Morgan fingerprint density at radius 1 is 1.08 bits per heavy atom. The van der Waals surface area contributed by atoms with Gasteiger partial charge in [-0.1, -0.05) is 56.0 Å². The topological polar surface area (TPSA) is 0 Å². The molecule has 0 spiro atoms. The highest BCUT2D eigenvalue weighted by molar-refractivity contribution is 7.80. The molecule has 0 aliphatic rings. The average Bonchev–Trinajstić information content (AvgIpc) is 2.19. The van der Waals surface area contributed by atoms with Gasteiger partial charge >= 0.3 is 0 Å². The minimum atomic E-state index is 1.01. The number of aryl methyl sites for hydroxylation is 1. The standard InChI is InChI=1S/C12H11S/c1-2-9-7-8-10-5-3-4-6-11(10)12(9)13/h3-8H,2H2,1H3. The van der Waals surface area contributed by atoms with Crippen LogP contribution in [-0.2, 0) is 6.42 Å². The van der Waals surface area contributed by atoms with Crippen LogP contribution in [0.1, 0.15) is 12.5 Å². The fourth-order valence-electron chi connectivity index (χ4n) is 1.57. The lowest BCUT2D eigenvalue weighted by Crippen LogP contribution is -1.84. The largest absolute Gasteiger partial charge is 0.0791 e. The highest BCUT2D eigenvalue weighted by Gasteiger charge is 2.01. The smallest absolute Gasteiger partial charge is 0.0487 e. The van der Waals surface area contributed by atoms with Crippen molar-refractivity contribution in [1.82, 2.24) is 0 Å². The van der Waals surface area contributed by atoms with E-state index >= 15 is 0 Å². The van der Waals surface area contributed by atoms with Gasteiger partial charge in [0, 0.05) is 4.90 Å². The molecule has 0 aromatic heterocycles. The van der Waals surface area contributed by atoms with Gasteiger partial charge in [0.1, 0.15) is 0 Å². The van der Waals surface area contributed by atoms with E-state index in [9.17, 15) is 0 Å². The lowest BCUT2D eigenvalue weighted by Gasteiger charge is -2.04. The highest BCUT2D eigenvalue weighted by Crippen LogP contribution is 2.25. The maximum Gasteiger partial charge on any atom is 0.0487 e. The van der Waals surface area contributed by atoms with E-state index in [-0.39, 0.29) is 0 Å². The third-order valence-electron chi connectivity index (χ3n) is 2.34. The molecule has 0 atom stereocenters. The second kappa shape index (κ2) is 3.35. The number of rotatable bonds is 1. The summed E-state index contributed by atoms with van der Waals surface area (Å²) in [6.07, 6.45) is 1.02. The summed E-state index contributed by atoms with van der Waals surface area (Å²) in [6.45, 7) is 2.14. The Kier molecular flexibility index (Phi) is 2.19. The molecule has 0 saturated carbocycles. The first-order valence-electron chi connectivity index (χ1n) is 4.50. The Bertz CT molecular complexity index is 432. The van der Waals surface area contributed by atoms with Crippen molar-refractivity contribution in [2.45, 2.75) is 18.2 Å². The van der Waals surface area contributed by atoms with Gasteiger partial charge in [0.15, 0.2) is 0 Å². The van der Waals surface area contributed by atoms with Crippen LogP contribution in [0, 0.1) is 0 Å². The molecule has 0 fully saturated rings. The van der Waals surface area contributed by atoms with E-state index in [0.29, 0.717) is 0 Å². The third kappa shape index (κ3) is 1.40. The van der Waals surface area contributed by atoms with Crippen molar-refractivity contribution in [2.24, 2.45) is 0 Å². The van der Waals surface area contributed by atoms with Gasteiger partial charge in [-0.25, -0.2) is 0 Å². The Morgan fingerprint density at radius 3 is 2.62 bits per heavy atom. The Balaban J connectivity index is 2.79. The lowest BCUT2D eigenvalue weighted by atomic mass is 10.1. The van der Waals surface area contributed by atoms with E-state index in [4.69, 9.17) is 12.6 Å². The van der Waals surface area contributed by atoms with E-state index in [1.165, 1.54) is 16.3 Å². The lowest BCUT2D eigenvalue weighted by molar-refractivity contribution is 1.10. The van der Waals surface area contributed by atoms with E-state index in [1.807, 2.05) is 12.1 Å². The molecule has 0 N–H and O–H groups in total. The van der Waals surface area contributed by atoms with Crippen molar-refractivity contribution in [1.29, 1.82) is 0 Å². The van der Waals surface area contributed by atoms with Gasteiger partial charge in [-0.2, -0.15) is 0 Å². The van der Waals surface area contributed by atoms with Crippen molar-refractivity contribution in [2.75, 3.05) is 0 Å². The minimum Gasteiger partial charge on any atom is -0.0791 e. The van der Waals surface area contributed by atoms with Crippen LogP contribution in [0.3, 0.4) is 0 Å². The summed E-state index contributed by atoms with van der Waals surface area (Å²) >= 11 is 5.39. The molecule has 13 heavy (non-hydrogen) atoms. The van der Waals surface area contributed by atoms with Gasteiger partial charge in [0.25, 0.3) is 0 Å². The van der Waals surface area contributed by atoms with E-state index in [0.717, 1.165) is 11.3 Å². The summed E-state index contributed by atoms with van der Waals surface area (Å²) < 4.78 is 0. The summed E-state index contributed by atoms with van der Waals surface area (Å²) in [5.41, 5.74) is 1.27. The molecule has 0 aliphatic heterocycles. The summed E-state index contributed by atoms with van der Waals surface area (Å²) in [5, 5.41) is 2.45. The van der Waals surface area contributed by atoms with Crippen LogP contribution in [0.4, 0.5) is 0 Å². The molecular weight excluding hydrogens is 176 g/mol. The minimum absolute atomic E-state index is 1.01. The van der Waals surface area contributed by atoms with Gasteiger partial charge < -0.3 is 0 Å². The van der Waals surface area contributed by atoms with Crippen LogP contribution in [0.5, 0.6) is 0 Å². The van der Waals surface area contributed by atoms with Crippen molar-refractivity contribution < 1.29 is 0 Å². The van der Waals surface area contributed by atoms with Gasteiger partial charge in [-0.15, -0.1) is 0 Å². The molecule has 0 heterocycles. The molecule has 0 nitrogen and oxygen atoms in total. The fourth-order valence-corrected chi connectivity index (χ4v) is 1.96. The first-order valence-corrected chi connectivity index (χ1v) is 4.91. The quantitative estimate of drug-likeness (QED) is 0.634. The molecule has 0 unspecified atom stereocenters. The first kappa shape index (κ1) is 8.52. The SMILES string of the molecule is CCc1ccc2ccccc2c1[S]. The Morgan fingerprint density at radius 2 is 1.85 bits per heavy atom. The zero-order valence-electron chi connectivity index (χ0n) is 7.58. The van der Waals surface area contributed by atoms with Crippen LogP contribution in [0.2, 0.25) is 0 Å². The Labute approximate surface area is 84.0 Å². The van der Waals surface area contributed by atoms with Crippen LogP contribution >= 0.6 is 12.6 Å². The molecule has 2 aromatic carbocycles. The van der Waals surface area contributed by atoms with Crippen molar-refractivity contribution in [3.05, 3.63) is 42.0 Å². The van der Waals surface area contributed by atoms with Crippen LogP contribution in [0.15, 0.2) is 41.3 Å². The molecule has 0 saturated heterocycles. The van der Waals surface area contributed by atoms with E-state index in [2.05, 4.69) is 31.2 Å². The summed E-state index contributed by atoms with van der Waals surface area (Å²) in [5.74, 6) is 0. The maximum atomic E-state index is 5.39. The monoisotopic (exact) mass is 187 g/mol. The summed E-state index contributed by atoms with van der Waals surface area (Å²) in [7, 11) is 0. The zero-order valence-corrected chi connectivity index (χ0v) is 8.40. The van der Waals surface area contributed by atoms with Gasteiger partial charge in [0.05, 0.1) is 0 Å². The predicted molar refractivity (Wildman–Crippen MR) is 59.2 cm³/mol. The third-order valence-corrected chi connectivity index (χ3v) is 2.82. The zero-order chi connectivity index (χ0) is 9.26. The van der Waals surface area contributed by atoms with E-state index in [1.54, 1.807) is 0 Å². The van der Waals surface area contributed by atoms with Gasteiger partial charge in [-0.3, -0.25) is 0 Å². The molecule has 2 rings (SSSR count). The fraction of sp³-hybridized carbons (Fsp3) is 0.167. The van der Waals surface area contributed by atoms with Crippen LogP contribution < -0.4 is 0 Å². The molecule has 0 bridgehead atoms. The van der Waals surface area contributed by atoms with Crippen molar-refractivity contribution >= 4 is 23.4 Å². The molecule has 65 valence electrons. The molecule has 0 aliphatic carbocycles. The molecule has 1 radical (unpaired) electrons. The Hall–Kier alpha value is -1.08. The second-order valence-corrected chi connectivity index (χ2v) is 3.54. The average molecular weight is 187 g/mol. The van der Waals surface area contributed by atoms with Gasteiger partial charge in [0.2, 0.25) is 0 Å². The number of fused-ring (bicyclic) bond motifs is 1. The second-order valence-electron chi connectivity index (χ2n) is 3.13. The predicted octanol–water partition coefficient (Wildman–Crippen LogP) is 3.96. The van der Waals surface area contributed by atoms with Crippen LogP contribution in [-0.4, -0.2) is 0 Å². The van der Waals surface area contributed by atoms with Crippen molar-refractivity contribution in [3.8, 4) is 0 Å². The number of hydrogen-bond acceptors (Lipinski definition) is 0. The molecule has 2 aromatic rings. The number of hydrogen-bond donors (Lipinski definition) is 0.